The number of anilines is 1. The molecular weight excluding hydrogens is 429 g/mol. The van der Waals surface area contributed by atoms with Crippen molar-refractivity contribution < 1.29 is 17.5 Å². The van der Waals surface area contributed by atoms with E-state index in [0.29, 0.717) is 21.7 Å². The Kier molecular flexibility index (Phi) is 5.92. The van der Waals surface area contributed by atoms with Gasteiger partial charge in [0.2, 0.25) is 10.0 Å². The summed E-state index contributed by atoms with van der Waals surface area (Å²) < 4.78 is 46.9. The molecule has 1 aromatic heterocycles. The lowest BCUT2D eigenvalue weighted by Gasteiger charge is -2.35. The molecule has 0 bridgehead atoms. The maximum absolute atomic E-state index is 13.7. The number of nitrogens with one attached hydrogen (secondary N) is 2. The lowest BCUT2D eigenvalue weighted by Crippen LogP contribution is -2.40. The molecule has 1 saturated carbocycles. The quantitative estimate of drug-likeness (QED) is 0.567. The van der Waals surface area contributed by atoms with Gasteiger partial charge in [-0.25, -0.2) is 17.5 Å². The minimum Gasteiger partial charge on any atom is -0.381 e. The molecule has 158 valence electrons. The van der Waals surface area contributed by atoms with Gasteiger partial charge in [0.25, 0.3) is 0 Å². The molecule has 4 rings (SSSR count). The Hall–Kier alpha value is -2.26. The Morgan fingerprint density at radius 1 is 1.23 bits per heavy atom. The van der Waals surface area contributed by atoms with Gasteiger partial charge >= 0.3 is 0 Å². The number of sulfonamides is 1. The van der Waals surface area contributed by atoms with Gasteiger partial charge in [0, 0.05) is 31.3 Å². The van der Waals surface area contributed by atoms with Crippen LogP contribution < -0.4 is 10.0 Å². The van der Waals surface area contributed by atoms with Gasteiger partial charge in [-0.15, -0.1) is 0 Å². The molecule has 0 unspecified atom stereocenters. The Morgan fingerprint density at radius 2 is 2.03 bits per heavy atom. The fourth-order valence-electron chi connectivity index (χ4n) is 3.40. The van der Waals surface area contributed by atoms with Crippen molar-refractivity contribution in [2.24, 2.45) is 0 Å². The van der Waals surface area contributed by atoms with Gasteiger partial charge in [0.15, 0.2) is 0 Å². The van der Waals surface area contributed by atoms with Crippen molar-refractivity contribution in [1.82, 2.24) is 9.71 Å². The van der Waals surface area contributed by atoms with Crippen molar-refractivity contribution in [1.29, 1.82) is 0 Å². The summed E-state index contributed by atoms with van der Waals surface area (Å²) in [5.74, 6) is -0.414. The first-order valence-corrected chi connectivity index (χ1v) is 11.3. The number of nitrogens with zero attached hydrogens (tertiary/aromatic N) is 1. The number of hydrogen-bond acceptors (Lipinski definition) is 5. The summed E-state index contributed by atoms with van der Waals surface area (Å²) in [5, 5.41) is 4.25. The average molecular weight is 450 g/mol. The Bertz CT molecular complexity index is 1180. The molecule has 0 radical (unpaired) electrons. The predicted molar refractivity (Wildman–Crippen MR) is 115 cm³/mol. The van der Waals surface area contributed by atoms with Crippen molar-refractivity contribution in [3.8, 4) is 0 Å². The van der Waals surface area contributed by atoms with Crippen molar-refractivity contribution in [2.75, 3.05) is 12.4 Å². The van der Waals surface area contributed by atoms with Gasteiger partial charge in [0.05, 0.1) is 21.7 Å². The van der Waals surface area contributed by atoms with E-state index in [2.05, 4.69) is 15.0 Å². The number of para-hydroxylation sites is 1. The van der Waals surface area contributed by atoms with E-state index in [1.54, 1.807) is 31.4 Å². The number of hydrogen-bond donors (Lipinski definition) is 2. The highest BCUT2D eigenvalue weighted by atomic mass is 35.5. The van der Waals surface area contributed by atoms with E-state index in [-0.39, 0.29) is 29.1 Å². The van der Waals surface area contributed by atoms with Crippen molar-refractivity contribution in [3.05, 3.63) is 65.1 Å². The molecule has 30 heavy (non-hydrogen) atoms. The van der Waals surface area contributed by atoms with E-state index in [4.69, 9.17) is 16.3 Å². The van der Waals surface area contributed by atoms with Gasteiger partial charge in [-0.05, 0) is 48.7 Å². The third kappa shape index (κ3) is 4.41. The van der Waals surface area contributed by atoms with Crippen LogP contribution >= 0.6 is 11.6 Å². The summed E-state index contributed by atoms with van der Waals surface area (Å²) in [6.45, 7) is 0.0277. The molecule has 1 heterocycles. The maximum atomic E-state index is 13.7. The largest absolute Gasteiger partial charge is 0.381 e. The Morgan fingerprint density at radius 3 is 2.77 bits per heavy atom. The molecule has 2 aromatic carbocycles. The highest BCUT2D eigenvalue weighted by Crippen LogP contribution is 2.31. The van der Waals surface area contributed by atoms with Crippen molar-refractivity contribution >= 4 is 38.2 Å². The molecule has 1 fully saturated rings. The summed E-state index contributed by atoms with van der Waals surface area (Å²) in [6, 6.07) is 11.2. The third-order valence-electron chi connectivity index (χ3n) is 5.22. The molecule has 0 atom stereocenters. The fraction of sp³-hybridized carbons (Fsp3) is 0.286. The first-order valence-electron chi connectivity index (χ1n) is 9.47. The molecule has 0 amide bonds. The van der Waals surface area contributed by atoms with Crippen molar-refractivity contribution in [2.45, 2.75) is 36.4 Å². The Labute approximate surface area is 179 Å². The molecular formula is C21H21ClFN3O3S. The number of aromatic nitrogens is 1. The number of pyridine rings is 1. The second-order valence-corrected chi connectivity index (χ2v) is 9.47. The van der Waals surface area contributed by atoms with E-state index in [9.17, 15) is 12.8 Å². The summed E-state index contributed by atoms with van der Waals surface area (Å²) in [5.41, 5.74) is 1.57. The molecule has 6 nitrogen and oxygen atoms in total. The second kappa shape index (κ2) is 8.47. The first-order chi connectivity index (χ1) is 14.4. The van der Waals surface area contributed by atoms with Crippen LogP contribution in [0.15, 0.2) is 53.6 Å². The van der Waals surface area contributed by atoms with Gasteiger partial charge in [-0.2, -0.15) is 0 Å². The van der Waals surface area contributed by atoms with Crippen LogP contribution in [0, 0.1) is 5.82 Å². The minimum absolute atomic E-state index is 0.0277. The highest BCUT2D eigenvalue weighted by Gasteiger charge is 2.29. The molecule has 0 spiro atoms. The lowest BCUT2D eigenvalue weighted by atomic mass is 9.89. The standard InChI is InChI=1S/C21H21ClFN3O3S/c1-29-16-8-15(9-16)26-20-6-5-17(10-18(20)22)30(27,28)25-12-13-7-14-3-2-4-19(23)21(14)24-11-13/h2-7,10-11,15-16,25-26H,8-9,12H2,1H3. The van der Waals surface area contributed by atoms with Crippen molar-refractivity contribution in [3.63, 3.8) is 0 Å². The monoisotopic (exact) mass is 449 g/mol. The van der Waals surface area contributed by atoms with E-state index in [1.807, 2.05) is 0 Å². The predicted octanol–water partition coefficient (Wildman–Crippen LogP) is 4.10. The molecule has 3 aromatic rings. The first kappa shape index (κ1) is 21.0. The normalized spacial score (nSPS) is 18.9. The molecule has 1 aliphatic carbocycles. The van der Waals surface area contributed by atoms with E-state index in [1.165, 1.54) is 24.4 Å². The molecule has 9 heteroatoms. The molecule has 0 saturated heterocycles. The summed E-state index contributed by atoms with van der Waals surface area (Å²) >= 11 is 6.30. The fourth-order valence-corrected chi connectivity index (χ4v) is 4.75. The minimum atomic E-state index is -3.78. The number of fused-ring (bicyclic) bond motifs is 1. The highest BCUT2D eigenvalue weighted by molar-refractivity contribution is 7.89. The lowest BCUT2D eigenvalue weighted by molar-refractivity contribution is 0.0329. The summed E-state index contributed by atoms with van der Waals surface area (Å²) in [4.78, 5) is 4.15. The topological polar surface area (TPSA) is 80.3 Å². The molecule has 1 aliphatic rings. The number of halogens is 2. The van der Waals surface area contributed by atoms with Gasteiger partial charge in [0.1, 0.15) is 11.3 Å². The van der Waals surface area contributed by atoms with Crippen LogP contribution in [0.1, 0.15) is 18.4 Å². The van der Waals surface area contributed by atoms with E-state index in [0.717, 1.165) is 12.8 Å². The zero-order valence-corrected chi connectivity index (χ0v) is 17.8. The molecule has 2 N–H and O–H groups in total. The second-order valence-electron chi connectivity index (χ2n) is 7.29. The van der Waals surface area contributed by atoms with E-state index < -0.39 is 15.8 Å². The number of benzene rings is 2. The molecule has 0 aliphatic heterocycles. The maximum Gasteiger partial charge on any atom is 0.240 e. The van der Waals surface area contributed by atoms with Crippen LogP contribution in [0.5, 0.6) is 0 Å². The average Bonchev–Trinajstić information content (AvgIpc) is 2.70. The van der Waals surface area contributed by atoms with Crippen LogP contribution in [0.3, 0.4) is 0 Å². The Balaban J connectivity index is 1.44. The number of rotatable bonds is 7. The van der Waals surface area contributed by atoms with Crippen LogP contribution in [-0.4, -0.2) is 32.7 Å². The summed E-state index contributed by atoms with van der Waals surface area (Å²) in [6.07, 6.45) is 3.49. The van der Waals surface area contributed by atoms with Gasteiger partial charge < -0.3 is 10.1 Å². The van der Waals surface area contributed by atoms with Crippen LogP contribution in [0.25, 0.3) is 10.9 Å². The van der Waals surface area contributed by atoms with E-state index >= 15 is 0 Å². The van der Waals surface area contributed by atoms with Gasteiger partial charge in [-0.1, -0.05) is 23.7 Å². The SMILES string of the molecule is COC1CC(Nc2ccc(S(=O)(=O)NCc3cnc4c(F)cccc4c3)cc2Cl)C1. The van der Waals surface area contributed by atoms with Crippen LogP contribution in [0.4, 0.5) is 10.1 Å². The van der Waals surface area contributed by atoms with Crippen LogP contribution in [0.2, 0.25) is 5.02 Å². The zero-order valence-electron chi connectivity index (χ0n) is 16.2. The smallest absolute Gasteiger partial charge is 0.240 e. The van der Waals surface area contributed by atoms with Crippen LogP contribution in [-0.2, 0) is 21.3 Å². The van der Waals surface area contributed by atoms with Gasteiger partial charge in [-0.3, -0.25) is 4.98 Å². The third-order valence-corrected chi connectivity index (χ3v) is 6.93. The summed E-state index contributed by atoms with van der Waals surface area (Å²) in [7, 11) is -2.09. The number of methoxy groups -OCH3 is 1. The zero-order chi connectivity index (χ0) is 21.3. The number of ether oxygens (including phenoxy) is 1.